The van der Waals surface area contributed by atoms with Gasteiger partial charge in [-0.15, -0.1) is 0 Å². The van der Waals surface area contributed by atoms with E-state index in [0.717, 1.165) is 6.42 Å². The monoisotopic (exact) mass is 514 g/mol. The number of hydrogen-bond acceptors (Lipinski definition) is 6. The Hall–Kier alpha value is -3.55. The first-order valence-electron chi connectivity index (χ1n) is 10.9. The first kappa shape index (κ1) is 26.1. The summed E-state index contributed by atoms with van der Waals surface area (Å²) in [6.45, 7) is 4.81. The normalized spacial score (nSPS) is 10.7. The van der Waals surface area contributed by atoms with Gasteiger partial charge in [0.15, 0.2) is 11.5 Å². The molecule has 0 bridgehead atoms. The lowest BCUT2D eigenvalue weighted by Gasteiger charge is -2.12. The van der Waals surface area contributed by atoms with Crippen molar-refractivity contribution in [1.29, 1.82) is 0 Å². The molecule has 3 aromatic rings. The largest absolute Gasteiger partial charge is 0.494 e. The van der Waals surface area contributed by atoms with E-state index in [1.807, 2.05) is 13.8 Å². The van der Waals surface area contributed by atoms with Gasteiger partial charge in [-0.2, -0.15) is 5.10 Å². The van der Waals surface area contributed by atoms with Crippen molar-refractivity contribution in [2.45, 2.75) is 20.3 Å². The molecule has 7 nitrogen and oxygen atoms in total. The van der Waals surface area contributed by atoms with Crippen LogP contribution in [0.15, 0.2) is 65.8 Å². The number of esters is 1. The molecular formula is C26H24Cl2N2O5. The zero-order chi connectivity index (χ0) is 25.2. The third-order valence-electron chi connectivity index (χ3n) is 4.59. The third kappa shape index (κ3) is 7.47. The van der Waals surface area contributed by atoms with Crippen LogP contribution in [0.3, 0.4) is 0 Å². The lowest BCUT2D eigenvalue weighted by Crippen LogP contribution is -2.18. The number of rotatable bonds is 10. The highest BCUT2D eigenvalue weighted by atomic mass is 35.5. The maximum absolute atomic E-state index is 12.6. The highest BCUT2D eigenvalue weighted by Crippen LogP contribution is 2.29. The van der Waals surface area contributed by atoms with Gasteiger partial charge in [-0.25, -0.2) is 10.2 Å². The van der Waals surface area contributed by atoms with Gasteiger partial charge in [0.2, 0.25) is 0 Å². The average Bonchev–Trinajstić information content (AvgIpc) is 2.84. The molecule has 0 aliphatic heterocycles. The highest BCUT2D eigenvalue weighted by Gasteiger charge is 2.14. The van der Waals surface area contributed by atoms with E-state index in [-0.39, 0.29) is 16.3 Å². The van der Waals surface area contributed by atoms with Crippen molar-refractivity contribution in [3.8, 4) is 17.2 Å². The van der Waals surface area contributed by atoms with Gasteiger partial charge < -0.3 is 14.2 Å². The molecule has 0 fully saturated rings. The molecule has 9 heteroatoms. The van der Waals surface area contributed by atoms with Crippen LogP contribution in [0.4, 0.5) is 0 Å². The molecule has 0 aliphatic carbocycles. The van der Waals surface area contributed by atoms with E-state index in [0.29, 0.717) is 40.9 Å². The number of amides is 1. The van der Waals surface area contributed by atoms with Crippen LogP contribution in [0, 0.1) is 0 Å². The second kappa shape index (κ2) is 12.8. The maximum atomic E-state index is 12.6. The molecule has 0 unspecified atom stereocenters. The summed E-state index contributed by atoms with van der Waals surface area (Å²) in [5, 5.41) is 4.61. The van der Waals surface area contributed by atoms with Crippen LogP contribution >= 0.6 is 23.2 Å². The van der Waals surface area contributed by atoms with Crippen LogP contribution in [0.5, 0.6) is 17.2 Å². The van der Waals surface area contributed by atoms with Gasteiger partial charge in [-0.1, -0.05) is 30.1 Å². The molecule has 0 saturated carbocycles. The highest BCUT2D eigenvalue weighted by molar-refractivity contribution is 6.36. The van der Waals surface area contributed by atoms with E-state index in [9.17, 15) is 9.59 Å². The van der Waals surface area contributed by atoms with Gasteiger partial charge in [0.25, 0.3) is 5.91 Å². The van der Waals surface area contributed by atoms with Crippen LogP contribution in [0.2, 0.25) is 10.0 Å². The summed E-state index contributed by atoms with van der Waals surface area (Å²) in [6.07, 6.45) is 2.33. The van der Waals surface area contributed by atoms with Crippen LogP contribution in [-0.2, 0) is 0 Å². The fraction of sp³-hybridized carbons (Fsp3) is 0.192. The Morgan fingerprint density at radius 3 is 2.40 bits per heavy atom. The van der Waals surface area contributed by atoms with Gasteiger partial charge in [-0.05, 0) is 79.6 Å². The van der Waals surface area contributed by atoms with Crippen molar-refractivity contribution in [3.63, 3.8) is 0 Å². The Morgan fingerprint density at radius 1 is 0.943 bits per heavy atom. The lowest BCUT2D eigenvalue weighted by atomic mass is 10.2. The minimum absolute atomic E-state index is 0.220. The summed E-state index contributed by atoms with van der Waals surface area (Å²) >= 11 is 11.9. The molecule has 0 saturated heterocycles. The van der Waals surface area contributed by atoms with Crippen LogP contribution in [0.1, 0.15) is 46.5 Å². The van der Waals surface area contributed by atoms with Gasteiger partial charge in [0.05, 0.1) is 35.6 Å². The van der Waals surface area contributed by atoms with Crippen LogP contribution < -0.4 is 19.6 Å². The Morgan fingerprint density at radius 2 is 1.71 bits per heavy atom. The summed E-state index contributed by atoms with van der Waals surface area (Å²) in [5.41, 5.74) is 3.66. The Kier molecular flexibility index (Phi) is 9.52. The number of nitrogens with one attached hydrogen (secondary N) is 1. The quantitative estimate of drug-likeness (QED) is 0.151. The standard InChI is InChI=1S/C26H24Cl2N2O5/c1-3-13-34-20-9-6-18(7-10-20)26(32)35-23-12-5-17(14-24(23)33-4-2)16-29-30-25(31)21-11-8-19(27)15-22(21)28/h5-12,14-16H,3-4,13H2,1-2H3,(H,30,31)/b29-16+. The number of carbonyl (C=O) groups excluding carboxylic acids is 2. The first-order chi connectivity index (χ1) is 16.9. The Labute approximate surface area is 213 Å². The summed E-state index contributed by atoms with van der Waals surface area (Å²) in [7, 11) is 0. The van der Waals surface area contributed by atoms with Crippen LogP contribution in [0.25, 0.3) is 0 Å². The number of benzene rings is 3. The maximum Gasteiger partial charge on any atom is 0.343 e. The van der Waals surface area contributed by atoms with Crippen molar-refractivity contribution in [1.82, 2.24) is 5.43 Å². The third-order valence-corrected chi connectivity index (χ3v) is 5.14. The van der Waals surface area contributed by atoms with E-state index in [4.69, 9.17) is 37.4 Å². The SMILES string of the molecule is CCCOc1ccc(C(=O)Oc2ccc(/C=N/NC(=O)c3ccc(Cl)cc3Cl)cc2OCC)cc1. The van der Waals surface area contributed by atoms with Crippen molar-refractivity contribution in [2.24, 2.45) is 5.10 Å². The molecule has 1 amide bonds. The number of ether oxygens (including phenoxy) is 3. The Balaban J connectivity index is 1.67. The van der Waals surface area contributed by atoms with Gasteiger partial charge in [0.1, 0.15) is 5.75 Å². The molecule has 35 heavy (non-hydrogen) atoms. The smallest absolute Gasteiger partial charge is 0.343 e. The minimum Gasteiger partial charge on any atom is -0.494 e. The van der Waals surface area contributed by atoms with Gasteiger partial charge in [0, 0.05) is 5.02 Å². The van der Waals surface area contributed by atoms with Crippen LogP contribution in [-0.4, -0.2) is 31.3 Å². The van der Waals surface area contributed by atoms with E-state index in [1.54, 1.807) is 48.5 Å². The number of nitrogens with zero attached hydrogens (tertiary/aromatic N) is 1. The van der Waals surface area contributed by atoms with Gasteiger partial charge in [-0.3, -0.25) is 4.79 Å². The number of halogens is 2. The summed E-state index contributed by atoms with van der Waals surface area (Å²) in [5.74, 6) is 0.302. The zero-order valence-electron chi connectivity index (χ0n) is 19.2. The summed E-state index contributed by atoms with van der Waals surface area (Å²) in [6, 6.07) is 16.2. The molecule has 0 radical (unpaired) electrons. The predicted octanol–water partition coefficient (Wildman–Crippen LogP) is 6.16. The molecule has 182 valence electrons. The fourth-order valence-corrected chi connectivity index (χ4v) is 3.42. The van der Waals surface area contributed by atoms with Crippen molar-refractivity contribution in [3.05, 3.63) is 87.4 Å². The van der Waals surface area contributed by atoms with Crippen molar-refractivity contribution < 1.29 is 23.8 Å². The van der Waals surface area contributed by atoms with Gasteiger partial charge >= 0.3 is 5.97 Å². The second-order valence-corrected chi connectivity index (χ2v) is 8.07. The first-order valence-corrected chi connectivity index (χ1v) is 11.7. The van der Waals surface area contributed by atoms with E-state index in [2.05, 4.69) is 10.5 Å². The molecule has 0 aliphatic rings. The molecule has 3 rings (SSSR count). The van der Waals surface area contributed by atoms with Crippen molar-refractivity contribution >= 4 is 41.3 Å². The second-order valence-electron chi connectivity index (χ2n) is 7.22. The zero-order valence-corrected chi connectivity index (χ0v) is 20.7. The summed E-state index contributed by atoms with van der Waals surface area (Å²) < 4.78 is 16.7. The van der Waals surface area contributed by atoms with E-state index in [1.165, 1.54) is 18.3 Å². The van der Waals surface area contributed by atoms with E-state index >= 15 is 0 Å². The number of carbonyl (C=O) groups is 2. The molecule has 0 aromatic heterocycles. The lowest BCUT2D eigenvalue weighted by molar-refractivity contribution is 0.0728. The molecular weight excluding hydrogens is 491 g/mol. The van der Waals surface area contributed by atoms with E-state index < -0.39 is 11.9 Å². The molecule has 3 aromatic carbocycles. The topological polar surface area (TPSA) is 86.2 Å². The predicted molar refractivity (Wildman–Crippen MR) is 136 cm³/mol. The summed E-state index contributed by atoms with van der Waals surface area (Å²) in [4.78, 5) is 24.9. The number of hydrogen-bond donors (Lipinski definition) is 1. The molecule has 0 atom stereocenters. The molecule has 1 N–H and O–H groups in total. The Bertz CT molecular complexity index is 1210. The average molecular weight is 515 g/mol. The molecule has 0 heterocycles. The number of hydrazone groups is 1. The fourth-order valence-electron chi connectivity index (χ4n) is 2.92. The minimum atomic E-state index is -0.526. The van der Waals surface area contributed by atoms with Crippen molar-refractivity contribution in [2.75, 3.05) is 13.2 Å². The molecule has 0 spiro atoms.